The molecule has 5 nitrogen and oxygen atoms in total. The van der Waals surface area contributed by atoms with Crippen LogP contribution in [-0.2, 0) is 28.8 Å². The maximum absolute atomic E-state index is 12.7. The minimum absolute atomic E-state index is 0.319. The summed E-state index contributed by atoms with van der Waals surface area (Å²) in [7, 11) is 0. The van der Waals surface area contributed by atoms with Crippen LogP contribution in [0.2, 0.25) is 0 Å². The van der Waals surface area contributed by atoms with Crippen LogP contribution in [0, 0.1) is 11.3 Å². The largest absolute Gasteiger partial charge is 0.448 e. The number of carbonyl (C=O) groups is 2. The van der Waals surface area contributed by atoms with Gasteiger partial charge in [0.05, 0.1) is 11.1 Å². The Morgan fingerprint density at radius 3 is 2.96 bits per heavy atom. The van der Waals surface area contributed by atoms with Gasteiger partial charge in [0, 0.05) is 15.8 Å². The zero-order valence-corrected chi connectivity index (χ0v) is 16.2. The summed E-state index contributed by atoms with van der Waals surface area (Å²) in [5.41, 5.74) is 2.89. The molecular formula is C19H15BrN2O3S. The average Bonchev–Trinajstić information content (AvgIpc) is 2.98. The number of esters is 1. The van der Waals surface area contributed by atoms with Crippen molar-refractivity contribution in [1.29, 1.82) is 5.26 Å². The Morgan fingerprint density at radius 1 is 1.35 bits per heavy atom. The van der Waals surface area contributed by atoms with Crippen molar-refractivity contribution in [2.24, 2.45) is 0 Å². The molecule has 1 atom stereocenters. The van der Waals surface area contributed by atoms with Gasteiger partial charge in [-0.1, -0.05) is 15.9 Å². The molecule has 2 heterocycles. The minimum Gasteiger partial charge on any atom is -0.448 e. The van der Waals surface area contributed by atoms with Crippen LogP contribution >= 0.6 is 27.3 Å². The minimum atomic E-state index is -0.894. The first-order valence-electron chi connectivity index (χ1n) is 8.41. The van der Waals surface area contributed by atoms with E-state index in [1.165, 1.54) is 16.2 Å². The molecule has 1 aliphatic carbocycles. The zero-order chi connectivity index (χ0) is 18.3. The average molecular weight is 431 g/mol. The highest BCUT2D eigenvalue weighted by Crippen LogP contribution is 2.38. The van der Waals surface area contributed by atoms with Crippen LogP contribution in [0.4, 0.5) is 5.00 Å². The molecule has 2 aromatic rings. The Balaban J connectivity index is 1.57. The first kappa shape index (κ1) is 17.3. The molecule has 0 bridgehead atoms. The Morgan fingerprint density at radius 2 is 2.15 bits per heavy atom. The SMILES string of the molecule is N#Cc1c(NC(=O)C2Cc3cc(Br)ccc3C(=O)O2)sc2c1CCCC2. The Kier molecular flexibility index (Phi) is 4.55. The third kappa shape index (κ3) is 3.04. The summed E-state index contributed by atoms with van der Waals surface area (Å²) < 4.78 is 6.17. The van der Waals surface area contributed by atoms with Gasteiger partial charge in [0.15, 0.2) is 6.10 Å². The number of nitrogens with one attached hydrogen (secondary N) is 1. The molecule has 1 aromatic carbocycles. The molecule has 1 aromatic heterocycles. The fraction of sp³-hybridized carbons (Fsp3) is 0.316. The molecule has 2 aliphatic rings. The summed E-state index contributed by atoms with van der Waals surface area (Å²) in [6.07, 6.45) is 3.43. The maximum Gasteiger partial charge on any atom is 0.339 e. The standard InChI is InChI=1S/C19H15BrN2O3S/c20-11-5-6-12-10(7-11)8-15(25-19(12)24)17(23)22-18-14(9-21)13-3-1-2-4-16(13)26-18/h5-7,15H,1-4,8H2,(H,22,23). The normalized spacial score (nSPS) is 18.3. The van der Waals surface area contributed by atoms with Gasteiger partial charge in [0.2, 0.25) is 0 Å². The number of ether oxygens (including phenoxy) is 1. The second-order valence-electron chi connectivity index (χ2n) is 6.42. The van der Waals surface area contributed by atoms with Crippen molar-refractivity contribution >= 4 is 44.1 Å². The molecule has 26 heavy (non-hydrogen) atoms. The van der Waals surface area contributed by atoms with Crippen molar-refractivity contribution in [3.8, 4) is 6.07 Å². The monoisotopic (exact) mass is 430 g/mol. The van der Waals surface area contributed by atoms with E-state index in [0.717, 1.165) is 41.3 Å². The number of halogens is 1. The molecule has 0 fully saturated rings. The van der Waals surface area contributed by atoms with Crippen LogP contribution < -0.4 is 5.32 Å². The van der Waals surface area contributed by atoms with Crippen molar-refractivity contribution < 1.29 is 14.3 Å². The lowest BCUT2D eigenvalue weighted by molar-refractivity contribution is -0.125. The number of nitrogens with zero attached hydrogens (tertiary/aromatic N) is 1. The number of rotatable bonds is 2. The van der Waals surface area contributed by atoms with Gasteiger partial charge >= 0.3 is 5.97 Å². The molecular weight excluding hydrogens is 416 g/mol. The van der Waals surface area contributed by atoms with Gasteiger partial charge in [-0.25, -0.2) is 4.79 Å². The third-order valence-electron chi connectivity index (χ3n) is 4.75. The van der Waals surface area contributed by atoms with Crippen molar-refractivity contribution in [1.82, 2.24) is 0 Å². The van der Waals surface area contributed by atoms with Crippen LogP contribution in [0.15, 0.2) is 22.7 Å². The second kappa shape index (κ2) is 6.86. The lowest BCUT2D eigenvalue weighted by atomic mass is 9.96. The zero-order valence-electron chi connectivity index (χ0n) is 13.8. The summed E-state index contributed by atoms with van der Waals surface area (Å²) >= 11 is 4.85. The Bertz CT molecular complexity index is 960. The smallest absolute Gasteiger partial charge is 0.339 e. The van der Waals surface area contributed by atoms with Crippen molar-refractivity contribution in [2.45, 2.75) is 38.2 Å². The molecule has 0 spiro atoms. The summed E-state index contributed by atoms with van der Waals surface area (Å²) in [6.45, 7) is 0. The van der Waals surface area contributed by atoms with Crippen molar-refractivity contribution in [3.63, 3.8) is 0 Å². The number of aryl methyl sites for hydroxylation is 1. The highest BCUT2D eigenvalue weighted by Gasteiger charge is 2.32. The predicted molar refractivity (Wildman–Crippen MR) is 101 cm³/mol. The number of fused-ring (bicyclic) bond motifs is 2. The number of nitriles is 1. The molecule has 1 unspecified atom stereocenters. The number of hydrogen-bond donors (Lipinski definition) is 1. The van der Waals surface area contributed by atoms with Crippen LogP contribution in [0.3, 0.4) is 0 Å². The lowest BCUT2D eigenvalue weighted by Crippen LogP contribution is -2.38. The van der Waals surface area contributed by atoms with Gasteiger partial charge in [0.25, 0.3) is 5.91 Å². The van der Waals surface area contributed by atoms with E-state index in [9.17, 15) is 14.9 Å². The maximum atomic E-state index is 12.7. The van der Waals surface area contributed by atoms with Crippen molar-refractivity contribution in [3.05, 3.63) is 49.8 Å². The first-order chi connectivity index (χ1) is 12.6. The number of anilines is 1. The van der Waals surface area contributed by atoms with E-state index in [2.05, 4.69) is 27.3 Å². The number of hydrogen-bond acceptors (Lipinski definition) is 5. The molecule has 0 radical (unpaired) electrons. The molecule has 1 amide bonds. The number of cyclic esters (lactones) is 1. The number of thiophene rings is 1. The molecule has 0 saturated carbocycles. The van der Waals surface area contributed by atoms with E-state index in [1.807, 2.05) is 6.07 Å². The molecule has 132 valence electrons. The van der Waals surface area contributed by atoms with Crippen LogP contribution in [0.1, 0.15) is 44.8 Å². The molecule has 4 rings (SSSR count). The Hall–Kier alpha value is -2.17. The van der Waals surface area contributed by atoms with E-state index in [0.29, 0.717) is 22.5 Å². The van der Waals surface area contributed by atoms with Crippen LogP contribution in [0.5, 0.6) is 0 Å². The molecule has 1 N–H and O–H groups in total. The quantitative estimate of drug-likeness (QED) is 0.730. The van der Waals surface area contributed by atoms with E-state index >= 15 is 0 Å². The Labute approximate surface area is 163 Å². The van der Waals surface area contributed by atoms with Gasteiger partial charge in [-0.2, -0.15) is 5.26 Å². The molecule has 0 saturated heterocycles. The number of amides is 1. The van der Waals surface area contributed by atoms with E-state index in [1.54, 1.807) is 12.1 Å². The fourth-order valence-electron chi connectivity index (χ4n) is 3.48. The number of carbonyl (C=O) groups excluding carboxylic acids is 2. The topological polar surface area (TPSA) is 79.2 Å². The van der Waals surface area contributed by atoms with Gasteiger partial charge in [-0.3, -0.25) is 4.79 Å². The highest BCUT2D eigenvalue weighted by atomic mass is 79.9. The van der Waals surface area contributed by atoms with E-state index < -0.39 is 12.1 Å². The molecule has 7 heteroatoms. The predicted octanol–water partition coefficient (Wildman–Crippen LogP) is 3.98. The fourth-order valence-corrected chi connectivity index (χ4v) is 5.13. The summed E-state index contributed by atoms with van der Waals surface area (Å²) in [4.78, 5) is 26.0. The lowest BCUT2D eigenvalue weighted by Gasteiger charge is -2.23. The molecule has 1 aliphatic heterocycles. The second-order valence-corrected chi connectivity index (χ2v) is 8.44. The summed E-state index contributed by atoms with van der Waals surface area (Å²) in [5.74, 6) is -0.885. The van der Waals surface area contributed by atoms with Gasteiger partial charge in [-0.15, -0.1) is 11.3 Å². The van der Waals surface area contributed by atoms with Gasteiger partial charge in [0.1, 0.15) is 11.1 Å². The number of benzene rings is 1. The van der Waals surface area contributed by atoms with Crippen molar-refractivity contribution in [2.75, 3.05) is 5.32 Å². The van der Waals surface area contributed by atoms with Crippen LogP contribution in [0.25, 0.3) is 0 Å². The highest BCUT2D eigenvalue weighted by molar-refractivity contribution is 9.10. The third-order valence-corrected chi connectivity index (χ3v) is 6.45. The summed E-state index contributed by atoms with van der Waals surface area (Å²) in [5, 5.41) is 12.9. The van der Waals surface area contributed by atoms with Gasteiger partial charge < -0.3 is 10.1 Å². The van der Waals surface area contributed by atoms with Gasteiger partial charge in [-0.05, 0) is 55.0 Å². The van der Waals surface area contributed by atoms with E-state index in [-0.39, 0.29) is 5.91 Å². The first-order valence-corrected chi connectivity index (χ1v) is 10.0. The van der Waals surface area contributed by atoms with Crippen LogP contribution in [-0.4, -0.2) is 18.0 Å². The summed E-state index contributed by atoms with van der Waals surface area (Å²) in [6, 6.07) is 7.52. The van der Waals surface area contributed by atoms with E-state index in [4.69, 9.17) is 4.74 Å².